The number of hydrogen-bond acceptors (Lipinski definition) is 4. The van der Waals surface area contributed by atoms with Crippen LogP contribution in [-0.4, -0.2) is 30.3 Å². The van der Waals surface area contributed by atoms with Crippen molar-refractivity contribution < 1.29 is 4.79 Å². The Kier molecular flexibility index (Phi) is 3.56. The van der Waals surface area contributed by atoms with Crippen LogP contribution in [-0.2, 0) is 17.6 Å². The van der Waals surface area contributed by atoms with E-state index >= 15 is 0 Å². The van der Waals surface area contributed by atoms with Crippen molar-refractivity contribution in [3.8, 4) is 0 Å². The molecule has 0 aliphatic rings. The first-order valence-electron chi connectivity index (χ1n) is 4.64. The lowest BCUT2D eigenvalue weighted by Crippen LogP contribution is -2.15. The summed E-state index contributed by atoms with van der Waals surface area (Å²) >= 11 is 0. The number of aryl methyl sites for hydroxylation is 1. The predicted octanol–water partition coefficient (Wildman–Crippen LogP) is 0.846. The molecule has 4 nitrogen and oxygen atoms in total. The molecule has 0 bridgehead atoms. The SMILES string of the molecule is CCc1ncc(CC=O)c(N(C)C)n1. The molecule has 0 amide bonds. The summed E-state index contributed by atoms with van der Waals surface area (Å²) in [6.07, 6.45) is 3.78. The second-order valence-corrected chi connectivity index (χ2v) is 3.25. The number of rotatable bonds is 4. The van der Waals surface area contributed by atoms with E-state index in [0.717, 1.165) is 29.9 Å². The van der Waals surface area contributed by atoms with Crippen LogP contribution in [0.5, 0.6) is 0 Å². The summed E-state index contributed by atoms with van der Waals surface area (Å²) in [7, 11) is 3.83. The number of hydrogen-bond donors (Lipinski definition) is 0. The average molecular weight is 193 g/mol. The molecular weight excluding hydrogens is 178 g/mol. The molecule has 0 aliphatic heterocycles. The van der Waals surface area contributed by atoms with E-state index in [1.165, 1.54) is 0 Å². The van der Waals surface area contributed by atoms with Crippen molar-refractivity contribution in [3.63, 3.8) is 0 Å². The van der Waals surface area contributed by atoms with Crippen molar-refractivity contribution in [1.82, 2.24) is 9.97 Å². The quantitative estimate of drug-likeness (QED) is 0.665. The van der Waals surface area contributed by atoms with Gasteiger partial charge in [0.1, 0.15) is 17.9 Å². The van der Waals surface area contributed by atoms with Gasteiger partial charge < -0.3 is 9.69 Å². The van der Waals surface area contributed by atoms with Crippen molar-refractivity contribution in [1.29, 1.82) is 0 Å². The Balaban J connectivity index is 3.09. The maximum atomic E-state index is 10.4. The minimum absolute atomic E-state index is 0.373. The highest BCUT2D eigenvalue weighted by Gasteiger charge is 2.07. The van der Waals surface area contributed by atoms with Crippen LogP contribution in [0.15, 0.2) is 6.20 Å². The van der Waals surface area contributed by atoms with Gasteiger partial charge in [0.2, 0.25) is 0 Å². The van der Waals surface area contributed by atoms with Gasteiger partial charge in [0, 0.05) is 38.7 Å². The van der Waals surface area contributed by atoms with Crippen LogP contribution in [0.25, 0.3) is 0 Å². The van der Waals surface area contributed by atoms with Gasteiger partial charge >= 0.3 is 0 Å². The fourth-order valence-electron chi connectivity index (χ4n) is 1.22. The van der Waals surface area contributed by atoms with Crippen molar-refractivity contribution in [3.05, 3.63) is 17.6 Å². The van der Waals surface area contributed by atoms with Crippen molar-refractivity contribution in [2.75, 3.05) is 19.0 Å². The molecule has 0 aliphatic carbocycles. The number of carbonyl (C=O) groups excluding carboxylic acids is 1. The molecule has 1 heterocycles. The molecule has 0 spiro atoms. The molecule has 1 aromatic rings. The van der Waals surface area contributed by atoms with Crippen LogP contribution in [0.4, 0.5) is 5.82 Å². The first-order valence-corrected chi connectivity index (χ1v) is 4.64. The molecule has 76 valence electrons. The number of aromatic nitrogens is 2. The number of carbonyl (C=O) groups is 1. The van der Waals surface area contributed by atoms with E-state index in [0.29, 0.717) is 6.42 Å². The molecule has 0 aromatic carbocycles. The van der Waals surface area contributed by atoms with E-state index < -0.39 is 0 Å². The highest BCUT2D eigenvalue weighted by Crippen LogP contribution is 2.14. The van der Waals surface area contributed by atoms with Crippen LogP contribution in [0.1, 0.15) is 18.3 Å². The van der Waals surface area contributed by atoms with Crippen LogP contribution in [0, 0.1) is 0 Å². The maximum Gasteiger partial charge on any atom is 0.135 e. The van der Waals surface area contributed by atoms with Gasteiger partial charge in [-0.15, -0.1) is 0 Å². The van der Waals surface area contributed by atoms with Crippen molar-refractivity contribution in [2.24, 2.45) is 0 Å². The Morgan fingerprint density at radius 2 is 2.21 bits per heavy atom. The summed E-state index contributed by atoms with van der Waals surface area (Å²) in [5, 5.41) is 0. The molecule has 0 atom stereocenters. The van der Waals surface area contributed by atoms with E-state index in [2.05, 4.69) is 9.97 Å². The largest absolute Gasteiger partial charge is 0.362 e. The zero-order valence-electron chi connectivity index (χ0n) is 8.82. The van der Waals surface area contributed by atoms with Gasteiger partial charge in [0.05, 0.1) is 0 Å². The highest BCUT2D eigenvalue weighted by atomic mass is 16.1. The highest BCUT2D eigenvalue weighted by molar-refractivity contribution is 5.60. The smallest absolute Gasteiger partial charge is 0.135 e. The molecule has 0 unspecified atom stereocenters. The van der Waals surface area contributed by atoms with E-state index in [1.54, 1.807) is 6.20 Å². The Morgan fingerprint density at radius 3 is 2.71 bits per heavy atom. The van der Waals surface area contributed by atoms with Gasteiger partial charge in [-0.2, -0.15) is 0 Å². The van der Waals surface area contributed by atoms with E-state index in [-0.39, 0.29) is 0 Å². The van der Waals surface area contributed by atoms with E-state index in [9.17, 15) is 4.79 Å². The molecular formula is C10H15N3O. The second kappa shape index (κ2) is 4.69. The molecule has 14 heavy (non-hydrogen) atoms. The van der Waals surface area contributed by atoms with Crippen LogP contribution in [0.2, 0.25) is 0 Å². The van der Waals surface area contributed by atoms with Gasteiger partial charge in [0.25, 0.3) is 0 Å². The summed E-state index contributed by atoms with van der Waals surface area (Å²) in [6, 6.07) is 0. The maximum absolute atomic E-state index is 10.4. The third kappa shape index (κ3) is 2.28. The second-order valence-electron chi connectivity index (χ2n) is 3.25. The third-order valence-electron chi connectivity index (χ3n) is 1.93. The fourth-order valence-corrected chi connectivity index (χ4v) is 1.22. The summed E-state index contributed by atoms with van der Waals surface area (Å²) in [4.78, 5) is 20.9. The minimum Gasteiger partial charge on any atom is -0.362 e. The molecule has 1 aromatic heterocycles. The molecule has 0 saturated heterocycles. The third-order valence-corrected chi connectivity index (χ3v) is 1.93. The topological polar surface area (TPSA) is 46.1 Å². The van der Waals surface area contributed by atoms with Gasteiger partial charge in [-0.05, 0) is 0 Å². The van der Waals surface area contributed by atoms with E-state index in [4.69, 9.17) is 0 Å². The number of nitrogens with zero attached hydrogens (tertiary/aromatic N) is 3. The Bertz CT molecular complexity index is 323. The zero-order chi connectivity index (χ0) is 10.6. The van der Waals surface area contributed by atoms with Gasteiger partial charge in [-0.25, -0.2) is 9.97 Å². The standard InChI is InChI=1S/C10H15N3O/c1-4-9-11-7-8(5-6-14)10(12-9)13(2)3/h6-7H,4-5H2,1-3H3. The molecule has 4 heteroatoms. The average Bonchev–Trinajstić information content (AvgIpc) is 2.18. The summed E-state index contributed by atoms with van der Waals surface area (Å²) in [5.41, 5.74) is 0.877. The Morgan fingerprint density at radius 1 is 1.50 bits per heavy atom. The Hall–Kier alpha value is -1.45. The van der Waals surface area contributed by atoms with Crippen molar-refractivity contribution >= 4 is 12.1 Å². The lowest BCUT2D eigenvalue weighted by Gasteiger charge is -2.15. The number of aldehydes is 1. The summed E-state index contributed by atoms with van der Waals surface area (Å²) in [5.74, 6) is 1.65. The van der Waals surface area contributed by atoms with Gasteiger partial charge in [0.15, 0.2) is 0 Å². The first-order chi connectivity index (χ1) is 6.69. The monoisotopic (exact) mass is 193 g/mol. The van der Waals surface area contributed by atoms with E-state index in [1.807, 2.05) is 25.9 Å². The summed E-state index contributed by atoms with van der Waals surface area (Å²) in [6.45, 7) is 2.01. The van der Waals surface area contributed by atoms with Crippen LogP contribution < -0.4 is 4.90 Å². The Labute approximate surface area is 84.0 Å². The molecule has 0 radical (unpaired) electrons. The lowest BCUT2D eigenvalue weighted by molar-refractivity contribution is -0.107. The minimum atomic E-state index is 0.373. The predicted molar refractivity (Wildman–Crippen MR) is 55.5 cm³/mol. The fraction of sp³-hybridized carbons (Fsp3) is 0.500. The normalized spacial score (nSPS) is 9.93. The molecule has 0 fully saturated rings. The number of anilines is 1. The van der Waals surface area contributed by atoms with Crippen LogP contribution in [0.3, 0.4) is 0 Å². The van der Waals surface area contributed by atoms with Gasteiger partial charge in [-0.1, -0.05) is 6.92 Å². The lowest BCUT2D eigenvalue weighted by atomic mass is 10.2. The van der Waals surface area contributed by atoms with Crippen molar-refractivity contribution in [2.45, 2.75) is 19.8 Å². The molecule has 0 N–H and O–H groups in total. The zero-order valence-corrected chi connectivity index (χ0v) is 8.82. The first kappa shape index (κ1) is 10.6. The van der Waals surface area contributed by atoms with Crippen LogP contribution >= 0.6 is 0 Å². The molecule has 1 rings (SSSR count). The summed E-state index contributed by atoms with van der Waals surface area (Å²) < 4.78 is 0. The van der Waals surface area contributed by atoms with Gasteiger partial charge in [-0.3, -0.25) is 0 Å². The molecule has 0 saturated carbocycles.